The van der Waals surface area contributed by atoms with Gasteiger partial charge in [-0.2, -0.15) is 0 Å². The van der Waals surface area contributed by atoms with E-state index in [2.05, 4.69) is 41.9 Å². The highest BCUT2D eigenvalue weighted by Gasteiger charge is 2.64. The van der Waals surface area contributed by atoms with Gasteiger partial charge in [0, 0.05) is 23.6 Å². The van der Waals surface area contributed by atoms with Gasteiger partial charge in [-0.1, -0.05) is 25.5 Å². The first-order chi connectivity index (χ1) is 14.3. The Labute approximate surface area is 177 Å². The minimum atomic E-state index is -0.933. The van der Waals surface area contributed by atoms with Crippen LogP contribution in [-0.4, -0.2) is 25.0 Å². The molecule has 1 saturated heterocycles. The normalized spacial score (nSPS) is 24.8. The van der Waals surface area contributed by atoms with Crippen LogP contribution in [-0.2, 0) is 15.1 Å². The zero-order chi connectivity index (χ0) is 21.6. The van der Waals surface area contributed by atoms with Crippen molar-refractivity contribution in [1.29, 1.82) is 0 Å². The summed E-state index contributed by atoms with van der Waals surface area (Å²) in [7, 11) is 1.61. The number of nitrogens with two attached hydrogens (primary N) is 1. The first-order valence-electron chi connectivity index (χ1n) is 10.5. The van der Waals surface area contributed by atoms with Crippen LogP contribution in [0.3, 0.4) is 0 Å². The van der Waals surface area contributed by atoms with Crippen molar-refractivity contribution in [3.05, 3.63) is 53.1 Å². The van der Waals surface area contributed by atoms with Crippen LogP contribution in [0, 0.1) is 25.7 Å². The second kappa shape index (κ2) is 7.43. The SMILES string of the molecule is COc1ccc(NC(=O)[C@H]2C[C@H](C(C)C)[NH2+][C@]23C(=O)Nc2c(C)cc(C)cc23)cc1. The number of hydrogen-bond acceptors (Lipinski definition) is 3. The maximum atomic E-state index is 13.5. The maximum Gasteiger partial charge on any atom is 0.291 e. The lowest BCUT2D eigenvalue weighted by Crippen LogP contribution is -2.99. The van der Waals surface area contributed by atoms with Crippen molar-refractivity contribution >= 4 is 23.2 Å². The Morgan fingerprint density at radius 1 is 1.23 bits per heavy atom. The molecule has 2 aliphatic rings. The molecular formula is C24H30N3O3+. The third-order valence-corrected chi connectivity index (χ3v) is 6.60. The summed E-state index contributed by atoms with van der Waals surface area (Å²) >= 11 is 0. The quantitative estimate of drug-likeness (QED) is 0.727. The predicted octanol–water partition coefficient (Wildman–Crippen LogP) is 2.71. The first-order valence-corrected chi connectivity index (χ1v) is 10.5. The lowest BCUT2D eigenvalue weighted by molar-refractivity contribution is -0.736. The molecule has 6 nitrogen and oxygen atoms in total. The van der Waals surface area contributed by atoms with Crippen LogP contribution < -0.4 is 20.7 Å². The molecule has 2 amide bonds. The van der Waals surface area contributed by atoms with E-state index >= 15 is 0 Å². The molecule has 0 saturated carbocycles. The maximum absolute atomic E-state index is 13.5. The summed E-state index contributed by atoms with van der Waals surface area (Å²) in [5.41, 5.74) is 3.68. The number of carbonyl (C=O) groups is 2. The van der Waals surface area contributed by atoms with Crippen LogP contribution in [0.4, 0.5) is 11.4 Å². The number of carbonyl (C=O) groups excluding carboxylic acids is 2. The summed E-state index contributed by atoms with van der Waals surface area (Å²) in [5.74, 6) is 0.400. The van der Waals surface area contributed by atoms with Gasteiger partial charge in [0.2, 0.25) is 11.4 Å². The van der Waals surface area contributed by atoms with E-state index in [-0.39, 0.29) is 17.9 Å². The standard InChI is InChI=1S/C24H29N3O3/c1-13(2)20-12-19(22(28)25-16-6-8-17(30-5)9-7-16)24(27-20)18-11-14(3)10-15(4)21(18)26-23(24)29/h6-11,13,19-20,27H,12H2,1-5H3,(H,25,28)(H,26,29)/p+1/t19-,20-,24+/m1/s1. The lowest BCUT2D eigenvalue weighted by atomic mass is 9.78. The van der Waals surface area contributed by atoms with Crippen LogP contribution in [0.1, 0.15) is 37.0 Å². The van der Waals surface area contributed by atoms with Gasteiger partial charge in [-0.15, -0.1) is 0 Å². The van der Waals surface area contributed by atoms with Gasteiger partial charge >= 0.3 is 0 Å². The first kappa shape index (κ1) is 20.4. The fourth-order valence-electron chi connectivity index (χ4n) is 4.97. The molecule has 3 atom stereocenters. The molecule has 4 N–H and O–H groups in total. The molecular weight excluding hydrogens is 378 g/mol. The molecule has 2 aromatic rings. The Morgan fingerprint density at radius 2 is 1.93 bits per heavy atom. The second-order valence-electron chi connectivity index (χ2n) is 8.91. The van der Waals surface area contributed by atoms with Crippen molar-refractivity contribution in [2.45, 2.75) is 45.7 Å². The molecule has 0 unspecified atom stereocenters. The van der Waals surface area contributed by atoms with Crippen molar-refractivity contribution in [2.75, 3.05) is 17.7 Å². The number of amides is 2. The topological polar surface area (TPSA) is 84.0 Å². The van der Waals surface area contributed by atoms with E-state index in [9.17, 15) is 9.59 Å². The average Bonchev–Trinajstić information content (AvgIpc) is 3.24. The molecule has 1 spiro atoms. The zero-order valence-electron chi connectivity index (χ0n) is 18.2. The van der Waals surface area contributed by atoms with Crippen molar-refractivity contribution in [3.8, 4) is 5.75 Å². The molecule has 0 bridgehead atoms. The highest BCUT2D eigenvalue weighted by molar-refractivity contribution is 6.10. The molecule has 6 heteroatoms. The zero-order valence-corrected chi connectivity index (χ0v) is 18.2. The summed E-state index contributed by atoms with van der Waals surface area (Å²) in [6, 6.07) is 11.6. The second-order valence-corrected chi connectivity index (χ2v) is 8.91. The smallest absolute Gasteiger partial charge is 0.291 e. The van der Waals surface area contributed by atoms with Crippen molar-refractivity contribution < 1.29 is 19.6 Å². The number of benzene rings is 2. The summed E-state index contributed by atoms with van der Waals surface area (Å²) in [4.78, 5) is 26.9. The average molecular weight is 409 g/mol. The van der Waals surface area contributed by atoms with Crippen molar-refractivity contribution in [1.82, 2.24) is 0 Å². The predicted molar refractivity (Wildman–Crippen MR) is 117 cm³/mol. The fourth-order valence-corrected chi connectivity index (χ4v) is 4.97. The molecule has 2 heterocycles. The number of rotatable bonds is 4. The molecule has 0 radical (unpaired) electrons. The van der Waals surface area contributed by atoms with Crippen LogP contribution in [0.5, 0.6) is 5.75 Å². The Kier molecular flexibility index (Phi) is 5.06. The summed E-state index contributed by atoms with van der Waals surface area (Å²) < 4.78 is 5.20. The van der Waals surface area contributed by atoms with E-state index in [0.29, 0.717) is 18.0 Å². The molecule has 0 aromatic heterocycles. The van der Waals surface area contributed by atoms with E-state index in [1.54, 1.807) is 7.11 Å². The molecule has 1 fully saturated rings. The number of anilines is 2. The minimum absolute atomic E-state index is 0.0933. The van der Waals surface area contributed by atoms with Crippen LogP contribution in [0.25, 0.3) is 0 Å². The van der Waals surface area contributed by atoms with Crippen LogP contribution in [0.2, 0.25) is 0 Å². The molecule has 30 heavy (non-hydrogen) atoms. The van der Waals surface area contributed by atoms with Gasteiger partial charge in [-0.05, 0) is 49.7 Å². The summed E-state index contributed by atoms with van der Waals surface area (Å²) in [6.45, 7) is 8.33. The number of nitrogens with one attached hydrogen (secondary N) is 2. The number of aryl methyl sites for hydroxylation is 2. The molecule has 2 aliphatic heterocycles. The number of ether oxygens (including phenoxy) is 1. The Balaban J connectivity index is 1.74. The number of hydrogen-bond donors (Lipinski definition) is 3. The number of quaternary nitrogens is 1. The van der Waals surface area contributed by atoms with Crippen molar-refractivity contribution in [2.24, 2.45) is 11.8 Å². The van der Waals surface area contributed by atoms with Gasteiger partial charge in [0.05, 0.1) is 18.8 Å². The Morgan fingerprint density at radius 3 is 2.57 bits per heavy atom. The molecule has 0 aliphatic carbocycles. The Hall–Kier alpha value is -2.86. The van der Waals surface area contributed by atoms with Gasteiger partial charge in [0.1, 0.15) is 11.7 Å². The van der Waals surface area contributed by atoms with Gasteiger partial charge < -0.3 is 20.7 Å². The Bertz CT molecular complexity index is 1000. The van der Waals surface area contributed by atoms with E-state index in [4.69, 9.17) is 4.74 Å². The van der Waals surface area contributed by atoms with E-state index in [0.717, 1.165) is 28.1 Å². The fraction of sp³-hybridized carbons (Fsp3) is 0.417. The van der Waals surface area contributed by atoms with Gasteiger partial charge in [0.15, 0.2) is 0 Å². The summed E-state index contributed by atoms with van der Waals surface area (Å²) in [6.07, 6.45) is 0.652. The van der Waals surface area contributed by atoms with E-state index in [1.807, 2.05) is 38.1 Å². The number of methoxy groups -OCH3 is 1. The van der Waals surface area contributed by atoms with Gasteiger partial charge in [0.25, 0.3) is 5.91 Å². The van der Waals surface area contributed by atoms with Crippen LogP contribution >= 0.6 is 0 Å². The largest absolute Gasteiger partial charge is 0.497 e. The third kappa shape index (κ3) is 3.16. The van der Waals surface area contributed by atoms with E-state index in [1.165, 1.54) is 0 Å². The van der Waals surface area contributed by atoms with Crippen LogP contribution in [0.15, 0.2) is 36.4 Å². The highest BCUT2D eigenvalue weighted by Crippen LogP contribution is 2.45. The van der Waals surface area contributed by atoms with Gasteiger partial charge in [-0.25, -0.2) is 0 Å². The molecule has 158 valence electrons. The number of fused-ring (bicyclic) bond motifs is 2. The van der Waals surface area contributed by atoms with Crippen molar-refractivity contribution in [3.63, 3.8) is 0 Å². The minimum Gasteiger partial charge on any atom is -0.497 e. The van der Waals surface area contributed by atoms with E-state index < -0.39 is 11.5 Å². The lowest BCUT2D eigenvalue weighted by Gasteiger charge is -2.26. The third-order valence-electron chi connectivity index (χ3n) is 6.60. The monoisotopic (exact) mass is 408 g/mol. The molecule has 2 aromatic carbocycles. The highest BCUT2D eigenvalue weighted by atomic mass is 16.5. The summed E-state index contributed by atoms with van der Waals surface area (Å²) in [5, 5.41) is 8.25. The molecule has 4 rings (SSSR count). The van der Waals surface area contributed by atoms with Gasteiger partial charge in [-0.3, -0.25) is 9.59 Å².